The summed E-state index contributed by atoms with van der Waals surface area (Å²) in [5.41, 5.74) is 0. The van der Waals surface area contributed by atoms with Crippen LogP contribution in [0.2, 0.25) is 11.6 Å². The summed E-state index contributed by atoms with van der Waals surface area (Å²) in [5, 5.41) is 0.496. The molecular formula is C20H36B. The van der Waals surface area contributed by atoms with Crippen molar-refractivity contribution in [1.29, 1.82) is 0 Å². The van der Waals surface area contributed by atoms with Gasteiger partial charge in [-0.05, 0) is 12.3 Å². The number of rotatable bonds is 3. The third-order valence-corrected chi connectivity index (χ3v) is 6.09. The van der Waals surface area contributed by atoms with Crippen molar-refractivity contribution in [3.63, 3.8) is 0 Å². The Morgan fingerprint density at radius 3 is 2.05 bits per heavy atom. The normalized spacial score (nSPS) is 30.7. The van der Waals surface area contributed by atoms with Gasteiger partial charge in [-0.3, -0.25) is 0 Å². The van der Waals surface area contributed by atoms with Gasteiger partial charge in [-0.15, -0.1) is 6.58 Å². The van der Waals surface area contributed by atoms with Crippen LogP contribution in [0.5, 0.6) is 0 Å². The minimum Gasteiger partial charge on any atom is -0.103 e. The predicted molar refractivity (Wildman–Crippen MR) is 96.2 cm³/mol. The molecule has 0 aromatic carbocycles. The Balaban J connectivity index is 2.08. The molecule has 0 bridgehead atoms. The molecule has 1 saturated heterocycles. The van der Waals surface area contributed by atoms with Crippen LogP contribution in [0, 0.1) is 5.92 Å². The van der Waals surface area contributed by atoms with Gasteiger partial charge < -0.3 is 0 Å². The van der Waals surface area contributed by atoms with Crippen molar-refractivity contribution in [3.8, 4) is 0 Å². The van der Waals surface area contributed by atoms with Crippen molar-refractivity contribution in [2.75, 3.05) is 0 Å². The molecular weight excluding hydrogens is 251 g/mol. The summed E-state index contributed by atoms with van der Waals surface area (Å²) in [7, 11) is 2.77. The summed E-state index contributed by atoms with van der Waals surface area (Å²) in [6.45, 7) is 4.11. The maximum atomic E-state index is 4.11. The smallest absolute Gasteiger partial charge is 0.103 e. The van der Waals surface area contributed by atoms with Crippen LogP contribution in [0.3, 0.4) is 0 Å². The van der Waals surface area contributed by atoms with Gasteiger partial charge in [0.1, 0.15) is 7.28 Å². The van der Waals surface area contributed by atoms with Crippen LogP contribution in [-0.4, -0.2) is 7.28 Å². The third kappa shape index (κ3) is 5.49. The molecule has 0 aromatic heterocycles. The molecule has 1 saturated carbocycles. The van der Waals surface area contributed by atoms with Crippen molar-refractivity contribution >= 4 is 7.28 Å². The SMILES string of the molecule is C=CCC1(C2CCCCCCCC2)[B]CCCCCCC1. The number of allylic oxidation sites excluding steroid dienone is 1. The monoisotopic (exact) mass is 287 g/mol. The predicted octanol–water partition coefficient (Wildman–Crippen LogP) is 6.95. The van der Waals surface area contributed by atoms with E-state index in [1.165, 1.54) is 103 Å². The second-order valence-electron chi connectivity index (χ2n) is 7.63. The van der Waals surface area contributed by atoms with E-state index in [0.29, 0.717) is 5.31 Å². The zero-order valence-electron chi connectivity index (χ0n) is 14.3. The molecule has 1 radical (unpaired) electrons. The highest BCUT2D eigenvalue weighted by atomic mass is 14.3. The summed E-state index contributed by atoms with van der Waals surface area (Å²) >= 11 is 0. The molecule has 2 aliphatic rings. The molecule has 0 nitrogen and oxygen atoms in total. The topological polar surface area (TPSA) is 0 Å². The number of hydrogen-bond acceptors (Lipinski definition) is 0. The average molecular weight is 287 g/mol. The van der Waals surface area contributed by atoms with E-state index in [9.17, 15) is 0 Å². The molecule has 2 rings (SSSR count). The Kier molecular flexibility index (Phi) is 7.97. The van der Waals surface area contributed by atoms with E-state index in [-0.39, 0.29) is 0 Å². The largest absolute Gasteiger partial charge is 0.118 e. The highest BCUT2D eigenvalue weighted by Crippen LogP contribution is 2.50. The van der Waals surface area contributed by atoms with Crippen LogP contribution in [0.15, 0.2) is 12.7 Å². The van der Waals surface area contributed by atoms with Crippen LogP contribution in [0.1, 0.15) is 96.3 Å². The van der Waals surface area contributed by atoms with Crippen LogP contribution in [0.25, 0.3) is 0 Å². The summed E-state index contributed by atoms with van der Waals surface area (Å²) in [6.07, 6.45) is 25.3. The van der Waals surface area contributed by atoms with Gasteiger partial charge in [-0.25, -0.2) is 0 Å². The van der Waals surface area contributed by atoms with Gasteiger partial charge in [0.05, 0.1) is 0 Å². The first kappa shape index (κ1) is 17.2. The van der Waals surface area contributed by atoms with Crippen molar-refractivity contribution in [1.82, 2.24) is 0 Å². The highest BCUT2D eigenvalue weighted by Gasteiger charge is 2.36. The Labute approximate surface area is 134 Å². The lowest BCUT2D eigenvalue weighted by atomic mass is 9.41. The first-order valence-corrected chi connectivity index (χ1v) is 9.83. The van der Waals surface area contributed by atoms with Crippen molar-refractivity contribution in [2.24, 2.45) is 5.92 Å². The fourth-order valence-corrected chi connectivity index (χ4v) is 4.82. The minimum absolute atomic E-state index is 0.496. The Hall–Kier alpha value is -0.195. The van der Waals surface area contributed by atoms with E-state index in [1.807, 2.05) is 0 Å². The van der Waals surface area contributed by atoms with E-state index in [2.05, 4.69) is 19.9 Å². The summed E-state index contributed by atoms with van der Waals surface area (Å²) in [6, 6.07) is 0. The molecule has 1 heterocycles. The Morgan fingerprint density at radius 2 is 1.38 bits per heavy atom. The van der Waals surface area contributed by atoms with Gasteiger partial charge in [-0.1, -0.05) is 108 Å². The van der Waals surface area contributed by atoms with Crippen molar-refractivity contribution in [2.45, 2.75) is 108 Å². The molecule has 1 heteroatoms. The summed E-state index contributed by atoms with van der Waals surface area (Å²) in [4.78, 5) is 0. The quantitative estimate of drug-likeness (QED) is 0.389. The van der Waals surface area contributed by atoms with Crippen LogP contribution >= 0.6 is 0 Å². The fourth-order valence-electron chi connectivity index (χ4n) is 4.82. The zero-order valence-corrected chi connectivity index (χ0v) is 14.3. The van der Waals surface area contributed by atoms with Crippen LogP contribution in [-0.2, 0) is 0 Å². The van der Waals surface area contributed by atoms with E-state index in [4.69, 9.17) is 0 Å². The van der Waals surface area contributed by atoms with E-state index < -0.39 is 0 Å². The van der Waals surface area contributed by atoms with E-state index >= 15 is 0 Å². The molecule has 1 unspecified atom stereocenters. The summed E-state index contributed by atoms with van der Waals surface area (Å²) in [5.74, 6) is 0.937. The van der Waals surface area contributed by atoms with E-state index in [0.717, 1.165) is 5.92 Å². The average Bonchev–Trinajstić information content (AvgIpc) is 2.70. The molecule has 2 fully saturated rings. The molecule has 0 aromatic rings. The molecule has 1 aliphatic heterocycles. The molecule has 0 amide bonds. The molecule has 0 spiro atoms. The first-order valence-electron chi connectivity index (χ1n) is 9.83. The van der Waals surface area contributed by atoms with Gasteiger partial charge in [-0.2, -0.15) is 0 Å². The molecule has 1 aliphatic carbocycles. The second-order valence-corrected chi connectivity index (χ2v) is 7.63. The van der Waals surface area contributed by atoms with Gasteiger partial charge in [0.15, 0.2) is 0 Å². The van der Waals surface area contributed by atoms with Crippen LogP contribution in [0.4, 0.5) is 0 Å². The van der Waals surface area contributed by atoms with Gasteiger partial charge in [0.25, 0.3) is 0 Å². The molecule has 0 N–H and O–H groups in total. The Morgan fingerprint density at radius 1 is 0.810 bits per heavy atom. The first-order chi connectivity index (χ1) is 10.4. The third-order valence-electron chi connectivity index (χ3n) is 6.09. The zero-order chi connectivity index (χ0) is 14.8. The lowest BCUT2D eigenvalue weighted by Gasteiger charge is -2.41. The molecule has 21 heavy (non-hydrogen) atoms. The summed E-state index contributed by atoms with van der Waals surface area (Å²) < 4.78 is 0. The second kappa shape index (κ2) is 9.75. The lowest BCUT2D eigenvalue weighted by Crippen LogP contribution is -2.30. The number of hydrogen-bond donors (Lipinski definition) is 0. The Bertz CT molecular complexity index is 264. The highest BCUT2D eigenvalue weighted by molar-refractivity contribution is 6.40. The maximum absolute atomic E-state index is 4.11. The maximum Gasteiger partial charge on any atom is 0.118 e. The van der Waals surface area contributed by atoms with Gasteiger partial charge >= 0.3 is 0 Å². The van der Waals surface area contributed by atoms with Crippen LogP contribution < -0.4 is 0 Å². The molecule has 119 valence electrons. The van der Waals surface area contributed by atoms with Gasteiger partial charge in [0, 0.05) is 0 Å². The standard InChI is InChI=1S/C20H36B/c1-2-16-20(17-12-8-5-9-13-18-21-20)19-14-10-6-3-4-7-11-15-19/h2,19H,1,3-18H2. The van der Waals surface area contributed by atoms with Gasteiger partial charge in [0.2, 0.25) is 0 Å². The molecule has 1 atom stereocenters. The fraction of sp³-hybridized carbons (Fsp3) is 0.900. The minimum atomic E-state index is 0.496. The van der Waals surface area contributed by atoms with Crippen molar-refractivity contribution < 1.29 is 0 Å². The van der Waals surface area contributed by atoms with Crippen molar-refractivity contribution in [3.05, 3.63) is 12.7 Å². The lowest BCUT2D eigenvalue weighted by molar-refractivity contribution is 0.279. The van der Waals surface area contributed by atoms with E-state index in [1.54, 1.807) is 0 Å².